The number of carbonyl (C=O) groups is 3. The van der Waals surface area contributed by atoms with E-state index in [0.29, 0.717) is 24.9 Å². The third kappa shape index (κ3) is 3.76. The fraction of sp³-hybridized carbons (Fsp3) is 0.333. The summed E-state index contributed by atoms with van der Waals surface area (Å²) in [6, 6.07) is 7.86. The van der Waals surface area contributed by atoms with Crippen molar-refractivity contribution in [2.24, 2.45) is 0 Å². The molecule has 0 saturated carbocycles. The van der Waals surface area contributed by atoms with Crippen LogP contribution in [0.1, 0.15) is 25.5 Å². The second kappa shape index (κ2) is 7.29. The van der Waals surface area contributed by atoms with Crippen LogP contribution in [0.3, 0.4) is 0 Å². The summed E-state index contributed by atoms with van der Waals surface area (Å²) < 4.78 is 0. The Morgan fingerprint density at radius 3 is 2.76 bits per heavy atom. The molecule has 2 N–H and O–H groups in total. The molecule has 7 nitrogen and oxygen atoms in total. The van der Waals surface area contributed by atoms with Gasteiger partial charge in [-0.15, -0.1) is 0 Å². The minimum absolute atomic E-state index is 0.0840. The molecule has 2 heterocycles. The summed E-state index contributed by atoms with van der Waals surface area (Å²) in [5, 5.41) is 2.79. The molecule has 130 valence electrons. The number of nitrogens with one attached hydrogen (secondary N) is 2. The van der Waals surface area contributed by atoms with Gasteiger partial charge in [0.1, 0.15) is 6.04 Å². The molecule has 25 heavy (non-hydrogen) atoms. The monoisotopic (exact) mass is 340 g/mol. The molecule has 1 saturated heterocycles. The van der Waals surface area contributed by atoms with Gasteiger partial charge in [-0.2, -0.15) is 0 Å². The molecule has 3 rings (SSSR count). The summed E-state index contributed by atoms with van der Waals surface area (Å²) in [5.74, 6) is -0.535. The first-order valence-corrected chi connectivity index (χ1v) is 8.21. The standard InChI is InChI=1S/C18H20N4O3/c1-12(23)15(9-13-10-19-11-20-13)21-18(25)16-7-8-17(24)22(16)14-5-3-2-4-6-14/h2-6,10-11,15-16H,7-9H2,1H3,(H,19,20)(H,21,25)/t15-,16-/m0/s1. The van der Waals surface area contributed by atoms with Crippen LogP contribution >= 0.6 is 0 Å². The predicted octanol–water partition coefficient (Wildman–Crippen LogP) is 1.22. The number of H-pyrrole nitrogens is 1. The van der Waals surface area contributed by atoms with Crippen LogP contribution in [-0.2, 0) is 20.8 Å². The van der Waals surface area contributed by atoms with Gasteiger partial charge >= 0.3 is 0 Å². The molecule has 2 atom stereocenters. The number of anilines is 1. The van der Waals surface area contributed by atoms with Gasteiger partial charge in [0.25, 0.3) is 0 Å². The van der Waals surface area contributed by atoms with Gasteiger partial charge in [0.2, 0.25) is 11.8 Å². The second-order valence-corrected chi connectivity index (χ2v) is 6.11. The number of imidazole rings is 1. The van der Waals surface area contributed by atoms with Gasteiger partial charge in [0.15, 0.2) is 5.78 Å². The first-order chi connectivity index (χ1) is 12.1. The zero-order valence-electron chi connectivity index (χ0n) is 13.9. The van der Waals surface area contributed by atoms with Crippen LogP contribution in [0.25, 0.3) is 0 Å². The molecule has 1 aromatic carbocycles. The van der Waals surface area contributed by atoms with Gasteiger partial charge in [-0.25, -0.2) is 4.98 Å². The SMILES string of the molecule is CC(=O)[C@H](Cc1cnc[nH]1)NC(=O)[C@@H]1CCC(=O)N1c1ccccc1. The highest BCUT2D eigenvalue weighted by Crippen LogP contribution is 2.26. The number of ketones is 1. The number of amides is 2. The summed E-state index contributed by atoms with van der Waals surface area (Å²) >= 11 is 0. The van der Waals surface area contributed by atoms with E-state index in [2.05, 4.69) is 15.3 Å². The lowest BCUT2D eigenvalue weighted by Crippen LogP contribution is -2.50. The minimum Gasteiger partial charge on any atom is -0.348 e. The summed E-state index contributed by atoms with van der Waals surface area (Å²) in [7, 11) is 0. The van der Waals surface area contributed by atoms with Gasteiger partial charge in [0, 0.05) is 30.4 Å². The predicted molar refractivity (Wildman–Crippen MR) is 91.9 cm³/mol. The molecule has 0 unspecified atom stereocenters. The van der Waals surface area contributed by atoms with E-state index < -0.39 is 12.1 Å². The van der Waals surface area contributed by atoms with Crippen molar-refractivity contribution in [3.05, 3.63) is 48.5 Å². The van der Waals surface area contributed by atoms with Crippen LogP contribution in [-0.4, -0.2) is 39.6 Å². The van der Waals surface area contributed by atoms with E-state index in [-0.39, 0.29) is 17.6 Å². The van der Waals surface area contributed by atoms with Crippen molar-refractivity contribution >= 4 is 23.3 Å². The molecule has 1 aliphatic rings. The Kier molecular flexibility index (Phi) is 4.92. The molecule has 0 aliphatic carbocycles. The summed E-state index contributed by atoms with van der Waals surface area (Å²) in [6.45, 7) is 1.44. The van der Waals surface area contributed by atoms with Crippen molar-refractivity contribution in [1.29, 1.82) is 0 Å². The number of aromatic nitrogens is 2. The van der Waals surface area contributed by atoms with Crippen LogP contribution in [0, 0.1) is 0 Å². The van der Waals surface area contributed by atoms with Crippen molar-refractivity contribution in [3.8, 4) is 0 Å². The Bertz CT molecular complexity index is 758. The maximum atomic E-state index is 12.7. The normalized spacial score (nSPS) is 18.2. The van der Waals surface area contributed by atoms with Crippen molar-refractivity contribution in [3.63, 3.8) is 0 Å². The van der Waals surface area contributed by atoms with E-state index in [0.717, 1.165) is 5.69 Å². The molecule has 1 fully saturated rings. The van der Waals surface area contributed by atoms with E-state index in [1.807, 2.05) is 18.2 Å². The number of hydrogen-bond acceptors (Lipinski definition) is 4. The van der Waals surface area contributed by atoms with Crippen molar-refractivity contribution < 1.29 is 14.4 Å². The number of nitrogens with zero attached hydrogens (tertiary/aromatic N) is 2. The number of rotatable bonds is 6. The number of para-hydroxylation sites is 1. The molecule has 2 amide bonds. The fourth-order valence-electron chi connectivity index (χ4n) is 3.02. The Balaban J connectivity index is 1.74. The van der Waals surface area contributed by atoms with E-state index in [9.17, 15) is 14.4 Å². The maximum Gasteiger partial charge on any atom is 0.243 e. The van der Waals surface area contributed by atoms with E-state index >= 15 is 0 Å². The van der Waals surface area contributed by atoms with Gasteiger partial charge in [-0.3, -0.25) is 19.3 Å². The molecule has 7 heteroatoms. The van der Waals surface area contributed by atoms with Crippen LogP contribution in [0.2, 0.25) is 0 Å². The zero-order valence-corrected chi connectivity index (χ0v) is 13.9. The van der Waals surface area contributed by atoms with Crippen LogP contribution in [0.4, 0.5) is 5.69 Å². The van der Waals surface area contributed by atoms with Crippen molar-refractivity contribution in [1.82, 2.24) is 15.3 Å². The molecule has 2 aromatic rings. The average molecular weight is 340 g/mol. The molecule has 1 aliphatic heterocycles. The van der Waals surface area contributed by atoms with Gasteiger partial charge in [0.05, 0.1) is 12.4 Å². The third-order valence-electron chi connectivity index (χ3n) is 4.34. The van der Waals surface area contributed by atoms with Gasteiger partial charge < -0.3 is 10.3 Å². The average Bonchev–Trinajstić information content (AvgIpc) is 3.24. The van der Waals surface area contributed by atoms with E-state index in [1.54, 1.807) is 18.3 Å². The smallest absolute Gasteiger partial charge is 0.243 e. The first-order valence-electron chi connectivity index (χ1n) is 8.21. The lowest BCUT2D eigenvalue weighted by Gasteiger charge is -2.26. The van der Waals surface area contributed by atoms with E-state index in [4.69, 9.17) is 0 Å². The number of carbonyl (C=O) groups excluding carboxylic acids is 3. The first kappa shape index (κ1) is 16.9. The van der Waals surface area contributed by atoms with Crippen LogP contribution < -0.4 is 10.2 Å². The van der Waals surface area contributed by atoms with Gasteiger partial charge in [-0.1, -0.05) is 18.2 Å². The molecule has 0 bridgehead atoms. The minimum atomic E-state index is -0.652. The van der Waals surface area contributed by atoms with Gasteiger partial charge in [-0.05, 0) is 25.5 Å². The number of Topliss-reactive ketones (excluding diaryl/α,β-unsaturated/α-hetero) is 1. The quantitative estimate of drug-likeness (QED) is 0.826. The largest absolute Gasteiger partial charge is 0.348 e. The Labute approximate surface area is 145 Å². The molecular formula is C18H20N4O3. The van der Waals surface area contributed by atoms with Crippen molar-refractivity contribution in [2.45, 2.75) is 38.3 Å². The highest BCUT2D eigenvalue weighted by atomic mass is 16.2. The van der Waals surface area contributed by atoms with Crippen LogP contribution in [0.5, 0.6) is 0 Å². The zero-order chi connectivity index (χ0) is 17.8. The molecule has 0 spiro atoms. The number of aromatic amines is 1. The third-order valence-corrected chi connectivity index (χ3v) is 4.34. The number of hydrogen-bond donors (Lipinski definition) is 2. The highest BCUT2D eigenvalue weighted by molar-refractivity contribution is 6.04. The summed E-state index contributed by atoms with van der Waals surface area (Å²) in [6.07, 6.45) is 4.25. The Morgan fingerprint density at radius 2 is 2.12 bits per heavy atom. The molecular weight excluding hydrogens is 320 g/mol. The second-order valence-electron chi connectivity index (χ2n) is 6.11. The van der Waals surface area contributed by atoms with E-state index in [1.165, 1.54) is 18.2 Å². The lowest BCUT2D eigenvalue weighted by molar-refractivity contribution is -0.128. The summed E-state index contributed by atoms with van der Waals surface area (Å²) in [5.41, 5.74) is 1.46. The summed E-state index contributed by atoms with van der Waals surface area (Å²) in [4.78, 5) is 45.2. The maximum absolute atomic E-state index is 12.7. The topological polar surface area (TPSA) is 95.2 Å². The lowest BCUT2D eigenvalue weighted by atomic mass is 10.1. The molecule has 0 radical (unpaired) electrons. The molecule has 1 aromatic heterocycles. The van der Waals surface area contributed by atoms with Crippen molar-refractivity contribution in [2.75, 3.05) is 4.90 Å². The fourth-order valence-corrected chi connectivity index (χ4v) is 3.02. The Morgan fingerprint density at radius 1 is 1.36 bits per heavy atom. The van der Waals surface area contributed by atoms with Crippen LogP contribution in [0.15, 0.2) is 42.9 Å². The number of benzene rings is 1. The Hall–Kier alpha value is -2.96. The highest BCUT2D eigenvalue weighted by Gasteiger charge is 2.38.